The predicted molar refractivity (Wildman–Crippen MR) is 93.2 cm³/mol. The van der Waals surface area contributed by atoms with Crippen LogP contribution in [-0.4, -0.2) is 59.1 Å². The lowest BCUT2D eigenvalue weighted by Gasteiger charge is -2.33. The van der Waals surface area contributed by atoms with E-state index in [-0.39, 0.29) is 24.4 Å². The highest BCUT2D eigenvalue weighted by molar-refractivity contribution is 6.18. The minimum Gasteiger partial charge on any atom is -0.377 e. The summed E-state index contributed by atoms with van der Waals surface area (Å²) in [6.07, 6.45) is -4.09. The monoisotopic (exact) mass is 391 g/mol. The van der Waals surface area contributed by atoms with Gasteiger partial charge in [0.1, 0.15) is 17.6 Å². The highest BCUT2D eigenvalue weighted by Crippen LogP contribution is 2.36. The number of fused-ring (bicyclic) bond motifs is 5. The second-order valence-electron chi connectivity index (χ2n) is 7.09. The van der Waals surface area contributed by atoms with E-state index >= 15 is 0 Å². The number of H-pyrrole nitrogens is 1. The molecule has 0 radical (unpaired) electrons. The molecule has 2 atom stereocenters. The molecule has 0 aliphatic carbocycles. The third-order valence-corrected chi connectivity index (χ3v) is 5.28. The summed E-state index contributed by atoms with van der Waals surface area (Å²) in [5, 5.41) is 0. The molecule has 5 rings (SSSR count). The van der Waals surface area contributed by atoms with Crippen molar-refractivity contribution in [1.29, 1.82) is 0 Å². The molecule has 1 aromatic heterocycles. The molecule has 3 aliphatic heterocycles. The van der Waals surface area contributed by atoms with Gasteiger partial charge in [0.25, 0.3) is 5.91 Å². The maximum atomic E-state index is 12.7. The Morgan fingerprint density at radius 3 is 2.71 bits per heavy atom. The van der Waals surface area contributed by atoms with Gasteiger partial charge in [-0.25, -0.2) is 9.98 Å². The van der Waals surface area contributed by atoms with E-state index in [4.69, 9.17) is 4.74 Å². The quantitative estimate of drug-likeness (QED) is 0.851. The molecule has 1 aromatic carbocycles. The lowest BCUT2D eigenvalue weighted by molar-refractivity contribution is -0.137. The van der Waals surface area contributed by atoms with Crippen LogP contribution in [0.15, 0.2) is 29.3 Å². The van der Waals surface area contributed by atoms with E-state index in [0.29, 0.717) is 42.1 Å². The van der Waals surface area contributed by atoms with Gasteiger partial charge in [-0.3, -0.25) is 14.6 Å². The second-order valence-corrected chi connectivity index (χ2v) is 7.09. The molecule has 3 aliphatic rings. The number of hydrogen-bond acceptors (Lipinski definition) is 5. The number of guanidine groups is 1. The van der Waals surface area contributed by atoms with E-state index in [1.54, 1.807) is 7.05 Å². The van der Waals surface area contributed by atoms with E-state index in [9.17, 15) is 18.0 Å². The Morgan fingerprint density at radius 2 is 2.00 bits per heavy atom. The number of alkyl halides is 3. The average molecular weight is 391 g/mol. The fourth-order valence-electron chi connectivity index (χ4n) is 3.84. The van der Waals surface area contributed by atoms with E-state index in [2.05, 4.69) is 15.0 Å². The summed E-state index contributed by atoms with van der Waals surface area (Å²) < 4.78 is 43.7. The zero-order valence-corrected chi connectivity index (χ0v) is 14.8. The Hall–Kier alpha value is -2.88. The minimum absolute atomic E-state index is 0.00785. The maximum Gasteiger partial charge on any atom is 0.416 e. The SMILES string of the molecule is CN1C(=O)c2[nH]c(Cc3ccc(C(F)(F)F)cc3)nc2N2C1=N[C@H]1COC[C@H]12. The molecule has 0 spiro atoms. The Balaban J connectivity index is 1.46. The van der Waals surface area contributed by atoms with E-state index in [1.165, 1.54) is 17.0 Å². The van der Waals surface area contributed by atoms with Crippen LogP contribution in [0.1, 0.15) is 27.4 Å². The number of halogens is 3. The van der Waals surface area contributed by atoms with Crippen molar-refractivity contribution >= 4 is 17.7 Å². The van der Waals surface area contributed by atoms with Gasteiger partial charge in [0.2, 0.25) is 5.96 Å². The fourth-order valence-corrected chi connectivity index (χ4v) is 3.84. The number of aliphatic imine (C=N–C) groups is 1. The number of ether oxygens (including phenoxy) is 1. The molecular weight excluding hydrogens is 375 g/mol. The zero-order chi connectivity index (χ0) is 19.6. The summed E-state index contributed by atoms with van der Waals surface area (Å²) in [5.41, 5.74) is 0.324. The molecule has 2 aromatic rings. The van der Waals surface area contributed by atoms with E-state index in [1.807, 2.05) is 4.90 Å². The summed E-state index contributed by atoms with van der Waals surface area (Å²) >= 11 is 0. The van der Waals surface area contributed by atoms with Gasteiger partial charge in [-0.15, -0.1) is 0 Å². The Morgan fingerprint density at radius 1 is 1.25 bits per heavy atom. The molecule has 1 saturated heterocycles. The van der Waals surface area contributed by atoms with E-state index in [0.717, 1.165) is 12.1 Å². The number of carbonyl (C=O) groups is 1. The number of anilines is 1. The van der Waals surface area contributed by atoms with Crippen molar-refractivity contribution in [2.75, 3.05) is 25.2 Å². The summed E-state index contributed by atoms with van der Waals surface area (Å²) in [5.74, 6) is 1.33. The lowest BCUT2D eigenvalue weighted by atomic mass is 10.1. The van der Waals surface area contributed by atoms with Crippen LogP contribution in [0.4, 0.5) is 19.0 Å². The van der Waals surface area contributed by atoms with Gasteiger partial charge in [-0.05, 0) is 17.7 Å². The zero-order valence-electron chi connectivity index (χ0n) is 14.8. The first-order valence-electron chi connectivity index (χ1n) is 8.81. The molecule has 1 fully saturated rings. The number of carbonyl (C=O) groups excluding carboxylic acids is 1. The number of aromatic amines is 1. The number of benzene rings is 1. The van der Waals surface area contributed by atoms with Crippen LogP contribution in [0, 0.1) is 0 Å². The maximum absolute atomic E-state index is 12.7. The molecule has 0 saturated carbocycles. The first-order chi connectivity index (χ1) is 13.3. The number of imidazole rings is 1. The topological polar surface area (TPSA) is 73.8 Å². The number of aromatic nitrogens is 2. The molecule has 0 unspecified atom stereocenters. The largest absolute Gasteiger partial charge is 0.416 e. The smallest absolute Gasteiger partial charge is 0.377 e. The highest BCUT2D eigenvalue weighted by atomic mass is 19.4. The summed E-state index contributed by atoms with van der Waals surface area (Å²) in [6.45, 7) is 1.01. The molecule has 0 bridgehead atoms. The predicted octanol–water partition coefficient (Wildman–Crippen LogP) is 2.05. The third-order valence-electron chi connectivity index (χ3n) is 5.28. The number of amides is 1. The molecule has 146 valence electrons. The summed E-state index contributed by atoms with van der Waals surface area (Å²) in [7, 11) is 1.66. The fraction of sp³-hybridized carbons (Fsp3) is 0.389. The Bertz CT molecular complexity index is 982. The molecule has 1 N–H and O–H groups in total. The normalized spacial score (nSPS) is 23.6. The first kappa shape index (κ1) is 17.2. The standard InChI is InChI=1S/C18H16F3N5O2/c1-25-16(27)14-15(26-12-8-28-7-11(12)22-17(25)26)24-13(23-14)6-9-2-4-10(5-3-9)18(19,20)21/h2-5,11-12H,6-8H2,1H3,(H,23,24)/t11-,12+/m0/s1. The van der Waals surface area contributed by atoms with Gasteiger partial charge in [0.15, 0.2) is 5.82 Å². The second kappa shape index (κ2) is 5.81. The van der Waals surface area contributed by atoms with Crippen molar-refractivity contribution in [2.45, 2.75) is 24.7 Å². The van der Waals surface area contributed by atoms with Gasteiger partial charge < -0.3 is 9.72 Å². The van der Waals surface area contributed by atoms with Crippen molar-refractivity contribution < 1.29 is 22.7 Å². The number of nitrogens with zero attached hydrogens (tertiary/aromatic N) is 4. The van der Waals surface area contributed by atoms with Gasteiger partial charge >= 0.3 is 6.18 Å². The van der Waals surface area contributed by atoms with Crippen LogP contribution in [-0.2, 0) is 17.3 Å². The van der Waals surface area contributed by atoms with Gasteiger partial charge in [0, 0.05) is 13.5 Å². The lowest BCUT2D eigenvalue weighted by Crippen LogP contribution is -2.52. The van der Waals surface area contributed by atoms with Crippen molar-refractivity contribution in [3.8, 4) is 0 Å². The first-order valence-corrected chi connectivity index (χ1v) is 8.81. The average Bonchev–Trinajstić information content (AvgIpc) is 3.33. The molecule has 4 heterocycles. The van der Waals surface area contributed by atoms with Crippen LogP contribution >= 0.6 is 0 Å². The van der Waals surface area contributed by atoms with Crippen molar-refractivity contribution in [3.05, 3.63) is 46.9 Å². The van der Waals surface area contributed by atoms with Crippen LogP contribution < -0.4 is 4.90 Å². The summed E-state index contributed by atoms with van der Waals surface area (Å²) in [6, 6.07) is 4.88. The number of nitrogens with one attached hydrogen (secondary N) is 1. The van der Waals surface area contributed by atoms with Crippen LogP contribution in [0.3, 0.4) is 0 Å². The van der Waals surface area contributed by atoms with Crippen molar-refractivity contribution in [2.24, 2.45) is 4.99 Å². The molecule has 7 nitrogen and oxygen atoms in total. The van der Waals surface area contributed by atoms with Gasteiger partial charge in [-0.1, -0.05) is 12.1 Å². The Labute approximate surface area is 157 Å². The van der Waals surface area contributed by atoms with Crippen LogP contribution in [0.25, 0.3) is 0 Å². The van der Waals surface area contributed by atoms with Crippen molar-refractivity contribution in [3.63, 3.8) is 0 Å². The van der Waals surface area contributed by atoms with Gasteiger partial charge in [0.05, 0.1) is 24.8 Å². The van der Waals surface area contributed by atoms with Crippen LogP contribution in [0.5, 0.6) is 0 Å². The van der Waals surface area contributed by atoms with E-state index < -0.39 is 11.7 Å². The van der Waals surface area contributed by atoms with Crippen molar-refractivity contribution in [1.82, 2.24) is 14.9 Å². The van der Waals surface area contributed by atoms with Gasteiger partial charge in [-0.2, -0.15) is 13.2 Å². The molecule has 10 heteroatoms. The molecule has 28 heavy (non-hydrogen) atoms. The minimum atomic E-state index is -4.37. The molecular formula is C18H16F3N5O2. The number of rotatable bonds is 2. The highest BCUT2D eigenvalue weighted by Gasteiger charge is 2.49. The van der Waals surface area contributed by atoms with Crippen LogP contribution in [0.2, 0.25) is 0 Å². The third kappa shape index (κ3) is 2.51. The molecule has 1 amide bonds. The Kier molecular flexibility index (Phi) is 3.57. The number of hydrogen-bond donors (Lipinski definition) is 1. The summed E-state index contributed by atoms with van der Waals surface area (Å²) in [4.78, 5) is 28.3.